The van der Waals surface area contributed by atoms with Crippen LogP contribution in [-0.4, -0.2) is 37.1 Å². The molecule has 0 radical (unpaired) electrons. The minimum absolute atomic E-state index is 0.101. The number of hydrogen-bond donors (Lipinski definition) is 0. The van der Waals surface area contributed by atoms with E-state index in [4.69, 9.17) is 88.6 Å². The molecule has 2 fully saturated rings. The summed E-state index contributed by atoms with van der Waals surface area (Å²) >= 11 is 37.5. The topological polar surface area (TPSA) is 105 Å². The van der Waals surface area contributed by atoms with E-state index in [1.54, 1.807) is 0 Å². The molecule has 0 N–H and O–H groups in total. The predicted octanol–water partition coefficient (Wildman–Crippen LogP) is 10.3. The van der Waals surface area contributed by atoms with Crippen molar-refractivity contribution in [1.82, 2.24) is 0 Å². The van der Waals surface area contributed by atoms with Gasteiger partial charge in [-0.3, -0.25) is 0 Å². The first-order valence-electron chi connectivity index (χ1n) is 15.6. The average Bonchev–Trinajstić information content (AvgIpc) is 3.95. The SMILES string of the molecule is CC(C)C(C)C1CC1COC(=O)c1c(Cl)c(Cl)cc(Cl)c1OC(=O)C(=O)Oc1c(Cl)cc(Cl)c(Cl)c1C(=O)OCC1CC1C(C)C(C)C. The van der Waals surface area contributed by atoms with Gasteiger partial charge in [0.2, 0.25) is 0 Å². The Morgan fingerprint density at radius 3 is 1.25 bits per heavy atom. The van der Waals surface area contributed by atoms with Gasteiger partial charge >= 0.3 is 23.9 Å². The van der Waals surface area contributed by atoms with Crippen LogP contribution in [0.1, 0.15) is 75.1 Å². The molecule has 0 saturated heterocycles. The second kappa shape index (κ2) is 15.9. The molecule has 0 heterocycles. The van der Waals surface area contributed by atoms with Crippen molar-refractivity contribution in [2.24, 2.45) is 47.3 Å². The van der Waals surface area contributed by atoms with E-state index in [0.29, 0.717) is 35.5 Å². The highest BCUT2D eigenvalue weighted by Crippen LogP contribution is 2.49. The fourth-order valence-corrected chi connectivity index (χ4v) is 7.14. The number of ether oxygens (including phenoxy) is 4. The number of hydrogen-bond acceptors (Lipinski definition) is 8. The van der Waals surface area contributed by atoms with Crippen LogP contribution in [0, 0.1) is 47.3 Å². The van der Waals surface area contributed by atoms with Gasteiger partial charge in [-0.05, 0) is 72.3 Å². The van der Waals surface area contributed by atoms with E-state index in [1.807, 2.05) is 0 Å². The quantitative estimate of drug-likeness (QED) is 0.0907. The molecule has 2 aliphatic rings. The van der Waals surface area contributed by atoms with Gasteiger partial charge in [0.15, 0.2) is 11.5 Å². The molecule has 0 spiro atoms. The monoisotopic (exact) mass is 782 g/mol. The molecular formula is C34H36Cl6O8. The van der Waals surface area contributed by atoms with Gasteiger partial charge in [-0.2, -0.15) is 0 Å². The zero-order valence-corrected chi connectivity index (χ0v) is 31.7. The van der Waals surface area contributed by atoms with Crippen LogP contribution in [0.2, 0.25) is 30.1 Å². The molecule has 6 unspecified atom stereocenters. The number of halogens is 6. The van der Waals surface area contributed by atoms with Gasteiger partial charge < -0.3 is 18.9 Å². The molecule has 262 valence electrons. The lowest BCUT2D eigenvalue weighted by Crippen LogP contribution is -2.27. The van der Waals surface area contributed by atoms with Crippen molar-refractivity contribution in [1.29, 1.82) is 0 Å². The molecule has 48 heavy (non-hydrogen) atoms. The van der Waals surface area contributed by atoms with Crippen molar-refractivity contribution in [3.8, 4) is 11.5 Å². The molecule has 0 bridgehead atoms. The van der Waals surface area contributed by atoms with Gasteiger partial charge in [-0.25, -0.2) is 19.2 Å². The molecule has 4 rings (SSSR count). The molecule has 2 aromatic rings. The Balaban J connectivity index is 1.49. The summed E-state index contributed by atoms with van der Waals surface area (Å²) in [5.74, 6) is -3.39. The van der Waals surface area contributed by atoms with E-state index >= 15 is 0 Å². The fraction of sp³-hybridized carbons (Fsp3) is 0.529. The molecule has 0 amide bonds. The van der Waals surface area contributed by atoms with Crippen LogP contribution in [0.25, 0.3) is 0 Å². The van der Waals surface area contributed by atoms with Crippen LogP contribution in [0.4, 0.5) is 0 Å². The minimum Gasteiger partial charge on any atom is -0.462 e. The van der Waals surface area contributed by atoms with Crippen LogP contribution in [0.5, 0.6) is 11.5 Å². The van der Waals surface area contributed by atoms with Gasteiger partial charge in [0, 0.05) is 0 Å². The molecule has 6 atom stereocenters. The van der Waals surface area contributed by atoms with Crippen LogP contribution < -0.4 is 9.47 Å². The Morgan fingerprint density at radius 2 is 0.938 bits per heavy atom. The van der Waals surface area contributed by atoms with Gasteiger partial charge in [-0.15, -0.1) is 0 Å². The zero-order valence-electron chi connectivity index (χ0n) is 27.1. The van der Waals surface area contributed by atoms with Crippen LogP contribution in [0.15, 0.2) is 12.1 Å². The maximum atomic E-state index is 13.2. The summed E-state index contributed by atoms with van der Waals surface area (Å²) < 4.78 is 21.4. The van der Waals surface area contributed by atoms with Crippen molar-refractivity contribution in [2.75, 3.05) is 13.2 Å². The van der Waals surface area contributed by atoms with Crippen LogP contribution in [-0.2, 0) is 19.1 Å². The third kappa shape index (κ3) is 8.85. The van der Waals surface area contributed by atoms with E-state index in [1.165, 1.54) is 0 Å². The van der Waals surface area contributed by atoms with E-state index in [-0.39, 0.29) is 55.2 Å². The maximum absolute atomic E-state index is 13.2. The molecule has 2 saturated carbocycles. The highest BCUT2D eigenvalue weighted by atomic mass is 35.5. The molecule has 14 heteroatoms. The van der Waals surface area contributed by atoms with Crippen molar-refractivity contribution in [3.63, 3.8) is 0 Å². The first-order valence-corrected chi connectivity index (χ1v) is 17.8. The minimum atomic E-state index is -1.64. The van der Waals surface area contributed by atoms with Crippen LogP contribution >= 0.6 is 69.6 Å². The lowest BCUT2D eigenvalue weighted by molar-refractivity contribution is -0.156. The summed E-state index contributed by atoms with van der Waals surface area (Å²) in [6.07, 6.45) is 1.80. The van der Waals surface area contributed by atoms with E-state index in [9.17, 15) is 19.2 Å². The molecule has 2 aromatic carbocycles. The van der Waals surface area contributed by atoms with E-state index < -0.39 is 46.5 Å². The molecular weight excluding hydrogens is 749 g/mol. The molecule has 0 aliphatic heterocycles. The van der Waals surface area contributed by atoms with E-state index in [0.717, 1.165) is 25.0 Å². The summed E-state index contributed by atoms with van der Waals surface area (Å²) in [6.45, 7) is 13.0. The van der Waals surface area contributed by atoms with E-state index in [2.05, 4.69) is 41.5 Å². The number of benzene rings is 2. The van der Waals surface area contributed by atoms with Gasteiger partial charge in [0.1, 0.15) is 11.1 Å². The largest absolute Gasteiger partial charge is 0.462 e. The highest BCUT2D eigenvalue weighted by molar-refractivity contribution is 6.47. The number of esters is 4. The third-order valence-electron chi connectivity index (χ3n) is 9.48. The first-order chi connectivity index (χ1) is 22.4. The second-order valence-electron chi connectivity index (χ2n) is 13.2. The number of rotatable bonds is 12. The molecule has 0 aromatic heterocycles. The van der Waals surface area contributed by atoms with Crippen LogP contribution in [0.3, 0.4) is 0 Å². The summed E-state index contributed by atoms with van der Waals surface area (Å²) in [5, 5.41) is -1.45. The second-order valence-corrected chi connectivity index (χ2v) is 15.6. The summed E-state index contributed by atoms with van der Waals surface area (Å²) in [5.41, 5.74) is -0.905. The average molecular weight is 785 g/mol. The zero-order chi connectivity index (χ0) is 35.8. The summed E-state index contributed by atoms with van der Waals surface area (Å²) in [7, 11) is 0. The Bertz CT molecular complexity index is 1490. The first kappa shape index (κ1) is 38.9. The van der Waals surface area contributed by atoms with Gasteiger partial charge in [0.25, 0.3) is 0 Å². The smallest absolute Gasteiger partial charge is 0.423 e. The van der Waals surface area contributed by atoms with Crippen molar-refractivity contribution < 1.29 is 38.1 Å². The normalized spacial score (nSPS) is 21.0. The Kier molecular flexibility index (Phi) is 12.9. The highest BCUT2D eigenvalue weighted by Gasteiger charge is 2.44. The van der Waals surface area contributed by atoms with Crippen molar-refractivity contribution >= 4 is 93.5 Å². The van der Waals surface area contributed by atoms with Crippen molar-refractivity contribution in [3.05, 3.63) is 53.4 Å². The Morgan fingerprint density at radius 1 is 0.604 bits per heavy atom. The predicted molar refractivity (Wildman–Crippen MR) is 186 cm³/mol. The van der Waals surface area contributed by atoms with Gasteiger partial charge in [0.05, 0.1) is 43.3 Å². The maximum Gasteiger partial charge on any atom is 0.423 e. The Labute approximate surface area is 309 Å². The third-order valence-corrected chi connectivity index (χ3v) is 11.6. The summed E-state index contributed by atoms with van der Waals surface area (Å²) in [6, 6.07) is 2.27. The molecule has 2 aliphatic carbocycles. The lowest BCUT2D eigenvalue weighted by atomic mass is 9.92. The summed E-state index contributed by atoms with van der Waals surface area (Å²) in [4.78, 5) is 52.4. The number of carbonyl (C=O) groups is 4. The Hall–Kier alpha value is -1.94. The fourth-order valence-electron chi connectivity index (χ4n) is 5.70. The molecule has 8 nitrogen and oxygen atoms in total. The van der Waals surface area contributed by atoms with Crippen molar-refractivity contribution in [2.45, 2.75) is 54.4 Å². The number of carbonyl (C=O) groups excluding carboxylic acids is 4. The van der Waals surface area contributed by atoms with Gasteiger partial charge in [-0.1, -0.05) is 111 Å². The lowest BCUT2D eigenvalue weighted by Gasteiger charge is -2.17. The standard InChI is InChI=1S/C34H36Cl6O8/c1-13(2)15(5)19-7-17(19)11-45-31(41)25-27(39)21(35)9-23(37)29(25)47-33(43)34(44)48-30-24(38)10-22(36)28(40)26(30)32(42)46-12-18-8-20(18)16(6)14(3)4/h9-10,13-20H,7-8,11-12H2,1-6H3.